The highest BCUT2D eigenvalue weighted by molar-refractivity contribution is 5.48. The van der Waals surface area contributed by atoms with E-state index in [1.165, 1.54) is 0 Å². The first-order valence-corrected chi connectivity index (χ1v) is 10.1. The molecule has 5 rings (SSSR count). The Bertz CT molecular complexity index is 1030. The van der Waals surface area contributed by atoms with E-state index in [2.05, 4.69) is 57.4 Å². The fourth-order valence-electron chi connectivity index (χ4n) is 3.78. The summed E-state index contributed by atoms with van der Waals surface area (Å²) in [5.74, 6) is 3.21. The highest BCUT2D eigenvalue weighted by atomic mass is 16.5. The van der Waals surface area contributed by atoms with E-state index < -0.39 is 0 Å². The van der Waals surface area contributed by atoms with Crippen molar-refractivity contribution in [1.29, 1.82) is 0 Å². The Balaban J connectivity index is 1.21. The van der Waals surface area contributed by atoms with Crippen molar-refractivity contribution in [2.75, 3.05) is 36.5 Å². The lowest BCUT2D eigenvalue weighted by atomic mass is 9.96. The summed E-state index contributed by atoms with van der Waals surface area (Å²) in [5.41, 5.74) is 2.88. The molecule has 0 aromatic carbocycles. The fourth-order valence-corrected chi connectivity index (χ4v) is 3.78. The zero-order valence-corrected chi connectivity index (χ0v) is 17.1. The maximum absolute atomic E-state index is 5.51. The monoisotopic (exact) mass is 394 g/mol. The summed E-state index contributed by atoms with van der Waals surface area (Å²) >= 11 is 0. The molecule has 29 heavy (non-hydrogen) atoms. The Morgan fingerprint density at radius 2 is 2.00 bits per heavy atom. The maximum Gasteiger partial charge on any atom is 0.178 e. The van der Waals surface area contributed by atoms with E-state index in [1.54, 1.807) is 0 Å². The number of ether oxygens (including phenoxy) is 1. The third kappa shape index (κ3) is 3.50. The van der Waals surface area contributed by atoms with Gasteiger partial charge in [0.2, 0.25) is 0 Å². The molecule has 2 aliphatic heterocycles. The summed E-state index contributed by atoms with van der Waals surface area (Å²) < 4.78 is 7.37. The molecular formula is C20H26N8O. The molecule has 3 aromatic heterocycles. The highest BCUT2D eigenvalue weighted by Crippen LogP contribution is 2.26. The molecule has 0 radical (unpaired) electrons. The van der Waals surface area contributed by atoms with E-state index in [0.29, 0.717) is 12.5 Å². The van der Waals surface area contributed by atoms with Crippen molar-refractivity contribution in [3.63, 3.8) is 0 Å². The summed E-state index contributed by atoms with van der Waals surface area (Å²) in [4.78, 5) is 2.28. The predicted molar refractivity (Wildman–Crippen MR) is 109 cm³/mol. The number of hydrogen-bond acceptors (Lipinski definition) is 8. The van der Waals surface area contributed by atoms with Gasteiger partial charge in [0, 0.05) is 43.0 Å². The van der Waals surface area contributed by atoms with Gasteiger partial charge in [-0.3, -0.25) is 0 Å². The molecule has 0 aliphatic carbocycles. The Morgan fingerprint density at radius 1 is 1.14 bits per heavy atom. The molecule has 152 valence electrons. The molecule has 1 saturated heterocycles. The average molecular weight is 394 g/mol. The molecule has 0 unspecified atom stereocenters. The summed E-state index contributed by atoms with van der Waals surface area (Å²) in [6.45, 7) is 10.5. The van der Waals surface area contributed by atoms with E-state index in [-0.39, 0.29) is 5.41 Å². The Labute approximate surface area is 169 Å². The van der Waals surface area contributed by atoms with Crippen LogP contribution in [0.2, 0.25) is 0 Å². The molecular weight excluding hydrogens is 368 g/mol. The van der Waals surface area contributed by atoms with Crippen LogP contribution in [-0.4, -0.2) is 56.2 Å². The van der Waals surface area contributed by atoms with Crippen molar-refractivity contribution < 1.29 is 4.74 Å². The molecule has 1 fully saturated rings. The second-order valence-electron chi connectivity index (χ2n) is 8.89. The Morgan fingerprint density at radius 3 is 2.83 bits per heavy atom. The Hall–Kier alpha value is -2.81. The zero-order chi connectivity index (χ0) is 20.0. The lowest BCUT2D eigenvalue weighted by Gasteiger charge is -2.40. The van der Waals surface area contributed by atoms with E-state index in [1.807, 2.05) is 16.6 Å². The topological polar surface area (TPSA) is 93.4 Å². The lowest BCUT2D eigenvalue weighted by Crippen LogP contribution is -2.50. The van der Waals surface area contributed by atoms with Crippen LogP contribution in [0.25, 0.3) is 5.65 Å². The number of hydrogen-bond donors (Lipinski definition) is 1. The van der Waals surface area contributed by atoms with E-state index in [0.717, 1.165) is 67.0 Å². The van der Waals surface area contributed by atoms with Crippen molar-refractivity contribution in [1.82, 2.24) is 30.0 Å². The van der Waals surface area contributed by atoms with Crippen LogP contribution in [0.5, 0.6) is 0 Å². The van der Waals surface area contributed by atoms with Crippen LogP contribution in [0.3, 0.4) is 0 Å². The standard InChI is InChI=1S/C20H26N8O/c1-20(2,3)19-25-24-17-4-5-18(26-28(17)19)27-10-13(11-27)9-21-16-8-14-12-29-7-6-15(14)22-23-16/h4-5,8,13H,6-7,9-12H2,1-3H3,(H,21,23). The number of nitrogens with zero attached hydrogens (tertiary/aromatic N) is 7. The van der Waals surface area contributed by atoms with Gasteiger partial charge in [-0.05, 0) is 18.2 Å². The van der Waals surface area contributed by atoms with Crippen molar-refractivity contribution in [3.05, 3.63) is 35.3 Å². The van der Waals surface area contributed by atoms with Gasteiger partial charge in [0.1, 0.15) is 11.6 Å². The number of nitrogens with one attached hydrogen (secondary N) is 1. The van der Waals surface area contributed by atoms with Crippen LogP contribution in [-0.2, 0) is 23.2 Å². The minimum atomic E-state index is -0.104. The molecule has 0 atom stereocenters. The van der Waals surface area contributed by atoms with Crippen LogP contribution < -0.4 is 10.2 Å². The molecule has 9 nitrogen and oxygen atoms in total. The first-order valence-electron chi connectivity index (χ1n) is 10.1. The molecule has 0 amide bonds. The average Bonchev–Trinajstić information content (AvgIpc) is 3.10. The largest absolute Gasteiger partial charge is 0.376 e. The van der Waals surface area contributed by atoms with Gasteiger partial charge in [-0.15, -0.1) is 20.4 Å². The van der Waals surface area contributed by atoms with Crippen LogP contribution in [0.4, 0.5) is 11.6 Å². The number of fused-ring (bicyclic) bond motifs is 2. The first-order chi connectivity index (χ1) is 14.0. The fraction of sp³-hybridized carbons (Fsp3) is 0.550. The Kier molecular flexibility index (Phi) is 4.34. The minimum Gasteiger partial charge on any atom is -0.376 e. The van der Waals surface area contributed by atoms with Crippen LogP contribution in [0.15, 0.2) is 18.2 Å². The van der Waals surface area contributed by atoms with Gasteiger partial charge >= 0.3 is 0 Å². The molecule has 5 heterocycles. The zero-order valence-electron chi connectivity index (χ0n) is 17.1. The van der Waals surface area contributed by atoms with Crippen molar-refractivity contribution in [2.45, 2.75) is 39.2 Å². The molecule has 1 N–H and O–H groups in total. The molecule has 9 heteroatoms. The van der Waals surface area contributed by atoms with Crippen LogP contribution in [0, 0.1) is 5.92 Å². The summed E-state index contributed by atoms with van der Waals surface area (Å²) in [7, 11) is 0. The first kappa shape index (κ1) is 18.2. The van der Waals surface area contributed by atoms with Gasteiger partial charge in [-0.1, -0.05) is 20.8 Å². The quantitative estimate of drug-likeness (QED) is 0.716. The van der Waals surface area contributed by atoms with Crippen molar-refractivity contribution in [2.24, 2.45) is 5.92 Å². The lowest BCUT2D eigenvalue weighted by molar-refractivity contribution is 0.109. The van der Waals surface area contributed by atoms with Gasteiger partial charge < -0.3 is 15.0 Å². The second kappa shape index (κ2) is 6.91. The van der Waals surface area contributed by atoms with Gasteiger partial charge in [0.05, 0.1) is 18.9 Å². The smallest absolute Gasteiger partial charge is 0.178 e. The number of aromatic nitrogens is 6. The maximum atomic E-state index is 5.51. The van der Waals surface area contributed by atoms with Crippen LogP contribution in [0.1, 0.15) is 37.9 Å². The van der Waals surface area contributed by atoms with Gasteiger partial charge in [0.15, 0.2) is 11.5 Å². The SMILES string of the molecule is CC(C)(C)c1nnc2ccc(N3CC(CNc4cc5c(nn4)CCOC5)C3)nn12. The molecule has 2 aliphatic rings. The van der Waals surface area contributed by atoms with Crippen molar-refractivity contribution >= 4 is 17.3 Å². The highest BCUT2D eigenvalue weighted by Gasteiger charge is 2.29. The van der Waals surface area contributed by atoms with Gasteiger partial charge in [-0.25, -0.2) is 0 Å². The normalized spacial score (nSPS) is 17.3. The molecule has 0 saturated carbocycles. The number of anilines is 2. The number of rotatable bonds is 4. The van der Waals surface area contributed by atoms with Crippen LogP contribution >= 0.6 is 0 Å². The molecule has 0 bridgehead atoms. The van der Waals surface area contributed by atoms with Gasteiger partial charge in [0.25, 0.3) is 0 Å². The van der Waals surface area contributed by atoms with E-state index in [9.17, 15) is 0 Å². The summed E-state index contributed by atoms with van der Waals surface area (Å²) in [6, 6.07) is 6.07. The third-order valence-electron chi connectivity index (χ3n) is 5.47. The van der Waals surface area contributed by atoms with Crippen molar-refractivity contribution in [3.8, 4) is 0 Å². The molecule has 3 aromatic rings. The predicted octanol–water partition coefficient (Wildman–Crippen LogP) is 1.83. The summed E-state index contributed by atoms with van der Waals surface area (Å²) in [5, 5.41) is 25.4. The minimum absolute atomic E-state index is 0.104. The molecule has 0 spiro atoms. The van der Waals surface area contributed by atoms with E-state index >= 15 is 0 Å². The second-order valence-corrected chi connectivity index (χ2v) is 8.89. The summed E-state index contributed by atoms with van der Waals surface area (Å²) in [6.07, 6.45) is 0.848. The van der Waals surface area contributed by atoms with E-state index in [4.69, 9.17) is 9.84 Å². The van der Waals surface area contributed by atoms with Gasteiger partial charge in [-0.2, -0.15) is 9.61 Å². The third-order valence-corrected chi connectivity index (χ3v) is 5.47.